The molecule has 1 aromatic rings. The van der Waals surface area contributed by atoms with Crippen molar-refractivity contribution in [1.29, 1.82) is 0 Å². The molecule has 1 N–H and O–H groups in total. The van der Waals surface area contributed by atoms with Crippen molar-refractivity contribution >= 4 is 15.9 Å². The van der Waals surface area contributed by atoms with Gasteiger partial charge < -0.3 is 10.1 Å². The van der Waals surface area contributed by atoms with E-state index in [1.165, 1.54) is 6.07 Å². The van der Waals surface area contributed by atoms with Crippen molar-refractivity contribution in [3.8, 4) is 0 Å². The zero-order valence-corrected chi connectivity index (χ0v) is 12.9. The predicted molar refractivity (Wildman–Crippen MR) is 77.8 cm³/mol. The maximum Gasteiger partial charge on any atom is 0.129 e. The van der Waals surface area contributed by atoms with Gasteiger partial charge in [0.1, 0.15) is 5.82 Å². The summed E-state index contributed by atoms with van der Waals surface area (Å²) in [5.41, 5.74) is 0.713. The van der Waals surface area contributed by atoms with E-state index in [1.54, 1.807) is 0 Å². The molecule has 0 aliphatic carbocycles. The molecule has 0 bridgehead atoms. The highest BCUT2D eigenvalue weighted by molar-refractivity contribution is 9.10. The zero-order valence-electron chi connectivity index (χ0n) is 11.3. The van der Waals surface area contributed by atoms with Crippen molar-refractivity contribution in [3.05, 3.63) is 34.1 Å². The van der Waals surface area contributed by atoms with E-state index in [0.29, 0.717) is 12.2 Å². The van der Waals surface area contributed by atoms with Crippen molar-refractivity contribution in [2.24, 2.45) is 0 Å². The molecule has 0 spiro atoms. The summed E-state index contributed by atoms with van der Waals surface area (Å²) in [7, 11) is 1.89. The van der Waals surface area contributed by atoms with Crippen LogP contribution in [0.15, 0.2) is 22.7 Å². The summed E-state index contributed by atoms with van der Waals surface area (Å²) in [4.78, 5) is 2.28. The summed E-state index contributed by atoms with van der Waals surface area (Å²) in [6.07, 6.45) is -0.0191. The second kappa shape index (κ2) is 6.79. The summed E-state index contributed by atoms with van der Waals surface area (Å²) < 4.78 is 20.8. The molecule has 0 amide bonds. The number of nitrogens with zero attached hydrogens (tertiary/aromatic N) is 1. The van der Waals surface area contributed by atoms with Crippen LogP contribution < -0.4 is 5.32 Å². The largest absolute Gasteiger partial charge is 0.374 e. The number of benzene rings is 1. The first-order valence-corrected chi connectivity index (χ1v) is 7.41. The fourth-order valence-electron chi connectivity index (χ4n) is 2.65. The molecule has 1 aromatic carbocycles. The Morgan fingerprint density at radius 3 is 2.95 bits per heavy atom. The SMILES string of the molecule is CCN1CCOC(CNC)C1c1ccc(Br)cc1F. The molecule has 1 saturated heterocycles. The van der Waals surface area contributed by atoms with E-state index in [1.807, 2.05) is 19.2 Å². The van der Waals surface area contributed by atoms with Gasteiger partial charge in [0.2, 0.25) is 0 Å². The smallest absolute Gasteiger partial charge is 0.129 e. The van der Waals surface area contributed by atoms with Crippen molar-refractivity contribution in [2.45, 2.75) is 19.1 Å². The zero-order chi connectivity index (χ0) is 13.8. The van der Waals surface area contributed by atoms with E-state index in [2.05, 4.69) is 33.1 Å². The van der Waals surface area contributed by atoms with Gasteiger partial charge in [0.15, 0.2) is 0 Å². The summed E-state index contributed by atoms with van der Waals surface area (Å²) >= 11 is 3.30. The molecule has 106 valence electrons. The van der Waals surface area contributed by atoms with Gasteiger partial charge in [0.05, 0.1) is 18.8 Å². The molecule has 2 atom stereocenters. The fraction of sp³-hybridized carbons (Fsp3) is 0.571. The Hall–Kier alpha value is -0.490. The van der Waals surface area contributed by atoms with Gasteiger partial charge in [-0.2, -0.15) is 0 Å². The molecule has 0 radical (unpaired) electrons. The lowest BCUT2D eigenvalue weighted by molar-refractivity contribution is -0.0696. The van der Waals surface area contributed by atoms with Gasteiger partial charge in [-0.05, 0) is 25.7 Å². The maximum atomic E-state index is 14.2. The number of ether oxygens (including phenoxy) is 1. The van der Waals surface area contributed by atoms with E-state index in [-0.39, 0.29) is 18.0 Å². The van der Waals surface area contributed by atoms with Crippen LogP contribution in [0.5, 0.6) is 0 Å². The first-order chi connectivity index (χ1) is 9.17. The lowest BCUT2D eigenvalue weighted by atomic mass is 9.97. The molecule has 3 nitrogen and oxygen atoms in total. The number of nitrogens with one attached hydrogen (secondary N) is 1. The van der Waals surface area contributed by atoms with E-state index in [4.69, 9.17) is 4.74 Å². The lowest BCUT2D eigenvalue weighted by Crippen LogP contribution is -2.48. The van der Waals surface area contributed by atoms with Gasteiger partial charge in [0.25, 0.3) is 0 Å². The van der Waals surface area contributed by atoms with Crippen molar-refractivity contribution in [1.82, 2.24) is 10.2 Å². The third kappa shape index (κ3) is 3.34. The van der Waals surface area contributed by atoms with Gasteiger partial charge in [0, 0.05) is 23.1 Å². The van der Waals surface area contributed by atoms with Gasteiger partial charge >= 0.3 is 0 Å². The normalized spacial score (nSPS) is 24.6. The van der Waals surface area contributed by atoms with Crippen LogP contribution >= 0.6 is 15.9 Å². The van der Waals surface area contributed by atoms with Gasteiger partial charge in [-0.1, -0.05) is 28.9 Å². The third-order valence-electron chi connectivity index (χ3n) is 3.55. The number of rotatable bonds is 4. The Bertz CT molecular complexity index is 428. The Morgan fingerprint density at radius 2 is 2.32 bits per heavy atom. The van der Waals surface area contributed by atoms with Crippen LogP contribution in [-0.4, -0.2) is 44.3 Å². The van der Waals surface area contributed by atoms with Crippen molar-refractivity contribution in [2.75, 3.05) is 33.3 Å². The van der Waals surface area contributed by atoms with Crippen LogP contribution in [0.1, 0.15) is 18.5 Å². The van der Waals surface area contributed by atoms with Crippen LogP contribution in [0.25, 0.3) is 0 Å². The highest BCUT2D eigenvalue weighted by atomic mass is 79.9. The summed E-state index contributed by atoms with van der Waals surface area (Å²) in [5.74, 6) is -0.176. The Labute approximate surface area is 122 Å². The van der Waals surface area contributed by atoms with E-state index >= 15 is 0 Å². The summed E-state index contributed by atoms with van der Waals surface area (Å²) in [5, 5.41) is 3.13. The quantitative estimate of drug-likeness (QED) is 0.918. The average molecular weight is 331 g/mol. The standard InChI is InChI=1S/C14H20BrFN2O/c1-3-18-6-7-19-13(9-17-2)14(18)11-5-4-10(15)8-12(11)16/h4-5,8,13-14,17H,3,6-7,9H2,1-2H3. The second-order valence-electron chi connectivity index (χ2n) is 4.71. The van der Waals surface area contributed by atoms with Crippen LogP contribution in [0.4, 0.5) is 4.39 Å². The predicted octanol–water partition coefficient (Wildman–Crippen LogP) is 2.57. The Morgan fingerprint density at radius 1 is 1.53 bits per heavy atom. The third-order valence-corrected chi connectivity index (χ3v) is 4.04. The van der Waals surface area contributed by atoms with Crippen LogP contribution in [0.3, 0.4) is 0 Å². The van der Waals surface area contributed by atoms with Crippen molar-refractivity contribution < 1.29 is 9.13 Å². The minimum Gasteiger partial charge on any atom is -0.374 e. The van der Waals surface area contributed by atoms with Crippen LogP contribution in [0.2, 0.25) is 0 Å². The van der Waals surface area contributed by atoms with E-state index in [9.17, 15) is 4.39 Å². The fourth-order valence-corrected chi connectivity index (χ4v) is 2.98. The van der Waals surface area contributed by atoms with Gasteiger partial charge in [-0.3, -0.25) is 4.90 Å². The van der Waals surface area contributed by atoms with Crippen LogP contribution in [-0.2, 0) is 4.74 Å². The molecular weight excluding hydrogens is 311 g/mol. The highest BCUT2D eigenvalue weighted by Crippen LogP contribution is 2.32. The Balaban J connectivity index is 2.33. The monoisotopic (exact) mass is 330 g/mol. The topological polar surface area (TPSA) is 24.5 Å². The van der Waals surface area contributed by atoms with E-state index < -0.39 is 0 Å². The van der Waals surface area contributed by atoms with E-state index in [0.717, 1.165) is 24.1 Å². The van der Waals surface area contributed by atoms with Gasteiger partial charge in [-0.25, -0.2) is 4.39 Å². The first-order valence-electron chi connectivity index (χ1n) is 6.62. The molecule has 2 unspecified atom stereocenters. The van der Waals surface area contributed by atoms with Gasteiger partial charge in [-0.15, -0.1) is 0 Å². The lowest BCUT2D eigenvalue weighted by Gasteiger charge is -2.41. The molecule has 1 aliphatic heterocycles. The minimum atomic E-state index is -0.176. The molecular formula is C14H20BrFN2O. The maximum absolute atomic E-state index is 14.2. The molecule has 2 rings (SSSR count). The first kappa shape index (κ1) is 14.9. The van der Waals surface area contributed by atoms with Crippen molar-refractivity contribution in [3.63, 3.8) is 0 Å². The number of hydrogen-bond donors (Lipinski definition) is 1. The Kier molecular flexibility index (Phi) is 5.33. The molecule has 1 heterocycles. The molecule has 0 saturated carbocycles. The number of morpholine rings is 1. The minimum absolute atomic E-state index is 0.0191. The second-order valence-corrected chi connectivity index (χ2v) is 5.62. The molecule has 1 fully saturated rings. The number of likely N-dealkylation sites (N-methyl/N-ethyl adjacent to an activating group) is 2. The molecule has 5 heteroatoms. The summed E-state index contributed by atoms with van der Waals surface area (Å²) in [6, 6.07) is 5.23. The molecule has 1 aliphatic rings. The van der Waals surface area contributed by atoms with Crippen LogP contribution in [0, 0.1) is 5.82 Å². The number of hydrogen-bond acceptors (Lipinski definition) is 3. The summed E-state index contributed by atoms with van der Waals surface area (Å²) in [6.45, 7) is 5.26. The highest BCUT2D eigenvalue weighted by Gasteiger charge is 2.33. The molecule has 19 heavy (non-hydrogen) atoms. The average Bonchev–Trinajstić information content (AvgIpc) is 2.39. The molecule has 0 aromatic heterocycles. The number of halogens is 2.